The van der Waals surface area contributed by atoms with Crippen LogP contribution in [0.5, 0.6) is 5.75 Å². The van der Waals surface area contributed by atoms with E-state index in [9.17, 15) is 4.79 Å². The molecule has 0 aliphatic carbocycles. The molecule has 126 valence electrons. The number of nitrogens with one attached hydrogen (secondary N) is 1. The van der Waals surface area contributed by atoms with Gasteiger partial charge in [0, 0.05) is 16.7 Å². The second-order valence-corrected chi connectivity index (χ2v) is 6.03. The lowest BCUT2D eigenvalue weighted by atomic mass is 10.2. The number of halogens is 2. The third-order valence-electron chi connectivity index (χ3n) is 3.28. The van der Waals surface area contributed by atoms with Gasteiger partial charge in [0.25, 0.3) is 0 Å². The maximum Gasteiger partial charge on any atom is 0.248 e. The molecule has 0 saturated heterocycles. The van der Waals surface area contributed by atoms with Crippen LogP contribution in [0, 0.1) is 0 Å². The molecule has 24 heavy (non-hydrogen) atoms. The summed E-state index contributed by atoms with van der Waals surface area (Å²) in [5.41, 5.74) is 1.37. The van der Waals surface area contributed by atoms with Gasteiger partial charge < -0.3 is 10.1 Å². The normalized spacial score (nSPS) is 10.8. The first-order valence-electron chi connectivity index (χ1n) is 7.76. The van der Waals surface area contributed by atoms with Gasteiger partial charge in [-0.15, -0.1) is 0 Å². The van der Waals surface area contributed by atoms with E-state index in [0.717, 1.165) is 24.2 Å². The number of benzene rings is 2. The molecular formula is C19H19Cl2NO2. The zero-order valence-corrected chi connectivity index (χ0v) is 14.9. The minimum Gasteiger partial charge on any atom is -0.493 e. The Hall–Kier alpha value is -1.97. The Bertz CT molecular complexity index is 729. The summed E-state index contributed by atoms with van der Waals surface area (Å²) in [6, 6.07) is 12.5. The lowest BCUT2D eigenvalue weighted by Gasteiger charge is -2.08. The van der Waals surface area contributed by atoms with Crippen molar-refractivity contribution in [3.63, 3.8) is 0 Å². The van der Waals surface area contributed by atoms with E-state index in [-0.39, 0.29) is 5.91 Å². The van der Waals surface area contributed by atoms with Gasteiger partial charge in [-0.2, -0.15) is 0 Å². The van der Waals surface area contributed by atoms with Gasteiger partial charge in [-0.05, 0) is 36.8 Å². The molecule has 2 aromatic rings. The maximum atomic E-state index is 12.1. The summed E-state index contributed by atoms with van der Waals surface area (Å²) in [4.78, 5) is 12.1. The molecule has 0 aliphatic heterocycles. The van der Waals surface area contributed by atoms with Crippen LogP contribution < -0.4 is 10.1 Å². The average Bonchev–Trinajstić information content (AvgIpc) is 2.57. The number of carbonyl (C=O) groups excluding carboxylic acids is 1. The van der Waals surface area contributed by atoms with Gasteiger partial charge >= 0.3 is 0 Å². The van der Waals surface area contributed by atoms with Crippen molar-refractivity contribution in [2.75, 3.05) is 11.9 Å². The summed E-state index contributed by atoms with van der Waals surface area (Å²) in [5.74, 6) is 0.488. The molecule has 0 saturated carbocycles. The monoisotopic (exact) mass is 363 g/mol. The van der Waals surface area contributed by atoms with Crippen molar-refractivity contribution in [1.82, 2.24) is 0 Å². The summed E-state index contributed by atoms with van der Waals surface area (Å²) in [7, 11) is 0. The summed E-state index contributed by atoms with van der Waals surface area (Å²) < 4.78 is 5.74. The van der Waals surface area contributed by atoms with Crippen molar-refractivity contribution in [3.8, 4) is 5.75 Å². The largest absolute Gasteiger partial charge is 0.493 e. The summed E-state index contributed by atoms with van der Waals surface area (Å²) in [5, 5.41) is 3.64. The SMILES string of the molecule is CCCCOc1ccccc1C=CC(=O)Nc1ccc(Cl)cc1Cl. The molecule has 5 heteroatoms. The molecule has 0 radical (unpaired) electrons. The molecular weight excluding hydrogens is 345 g/mol. The van der Waals surface area contributed by atoms with E-state index in [4.69, 9.17) is 27.9 Å². The van der Waals surface area contributed by atoms with Crippen molar-refractivity contribution in [1.29, 1.82) is 0 Å². The maximum absolute atomic E-state index is 12.1. The molecule has 0 bridgehead atoms. The number of rotatable bonds is 7. The van der Waals surface area contributed by atoms with Crippen LogP contribution in [0.1, 0.15) is 25.3 Å². The first kappa shape index (κ1) is 18.4. The third-order valence-corrected chi connectivity index (χ3v) is 3.83. The lowest BCUT2D eigenvalue weighted by molar-refractivity contribution is -0.111. The summed E-state index contributed by atoms with van der Waals surface area (Å²) in [6.07, 6.45) is 5.24. The van der Waals surface area contributed by atoms with E-state index >= 15 is 0 Å². The Labute approximate surface area is 152 Å². The number of para-hydroxylation sites is 1. The number of carbonyl (C=O) groups is 1. The van der Waals surface area contributed by atoms with Crippen molar-refractivity contribution in [2.45, 2.75) is 19.8 Å². The van der Waals surface area contributed by atoms with Crippen molar-refractivity contribution in [2.24, 2.45) is 0 Å². The minimum atomic E-state index is -0.275. The molecule has 0 aromatic heterocycles. The van der Waals surface area contributed by atoms with E-state index in [1.165, 1.54) is 6.08 Å². The van der Waals surface area contributed by atoms with Crippen molar-refractivity contribution >= 4 is 40.9 Å². The molecule has 0 atom stereocenters. The van der Waals surface area contributed by atoms with Crippen LogP contribution in [0.3, 0.4) is 0 Å². The van der Waals surface area contributed by atoms with E-state index in [1.807, 2.05) is 24.3 Å². The zero-order valence-electron chi connectivity index (χ0n) is 13.4. The highest BCUT2D eigenvalue weighted by Crippen LogP contribution is 2.25. The van der Waals surface area contributed by atoms with Crippen LogP contribution in [-0.4, -0.2) is 12.5 Å². The fourth-order valence-electron chi connectivity index (χ4n) is 2.01. The lowest BCUT2D eigenvalue weighted by Crippen LogP contribution is -2.08. The van der Waals surface area contributed by atoms with Crippen LogP contribution in [0.15, 0.2) is 48.5 Å². The Morgan fingerprint density at radius 3 is 2.75 bits per heavy atom. The smallest absolute Gasteiger partial charge is 0.248 e. The quantitative estimate of drug-likeness (QED) is 0.496. The first-order chi connectivity index (χ1) is 11.6. The highest BCUT2D eigenvalue weighted by atomic mass is 35.5. The standard InChI is InChI=1S/C19H19Cl2NO2/c1-2-3-12-24-18-7-5-4-6-14(18)8-11-19(23)22-17-10-9-15(20)13-16(17)21/h4-11,13H,2-3,12H2,1H3,(H,22,23). The van der Waals surface area contributed by atoms with Gasteiger partial charge in [0.15, 0.2) is 0 Å². The van der Waals surface area contributed by atoms with E-state index in [2.05, 4.69) is 12.2 Å². The van der Waals surface area contributed by atoms with E-state index in [0.29, 0.717) is 22.3 Å². The average molecular weight is 364 g/mol. The number of hydrogen-bond acceptors (Lipinski definition) is 2. The van der Waals surface area contributed by atoms with Crippen molar-refractivity contribution < 1.29 is 9.53 Å². The second-order valence-electron chi connectivity index (χ2n) is 5.19. The fourth-order valence-corrected chi connectivity index (χ4v) is 2.46. The Morgan fingerprint density at radius 2 is 2.00 bits per heavy atom. The third kappa shape index (κ3) is 5.59. The predicted octanol–water partition coefficient (Wildman–Crippen LogP) is 5.82. The topological polar surface area (TPSA) is 38.3 Å². The number of anilines is 1. The minimum absolute atomic E-state index is 0.275. The molecule has 1 amide bonds. The number of unbranched alkanes of at least 4 members (excludes halogenated alkanes) is 1. The fraction of sp³-hybridized carbons (Fsp3) is 0.211. The second kappa shape index (κ2) is 9.36. The van der Waals surface area contributed by atoms with Gasteiger partial charge in [-0.3, -0.25) is 4.79 Å². The molecule has 0 fully saturated rings. The van der Waals surface area contributed by atoms with E-state index in [1.54, 1.807) is 24.3 Å². The molecule has 1 N–H and O–H groups in total. The van der Waals surface area contributed by atoms with Gasteiger partial charge in [0.1, 0.15) is 5.75 Å². The Morgan fingerprint density at radius 1 is 1.21 bits per heavy atom. The molecule has 0 aliphatic rings. The highest BCUT2D eigenvalue weighted by molar-refractivity contribution is 6.36. The van der Waals surface area contributed by atoms with Crippen LogP contribution in [0.4, 0.5) is 5.69 Å². The van der Waals surface area contributed by atoms with Gasteiger partial charge in [-0.1, -0.05) is 54.7 Å². The molecule has 2 aromatic carbocycles. The Balaban J connectivity index is 2.03. The van der Waals surface area contributed by atoms with Gasteiger partial charge in [-0.25, -0.2) is 0 Å². The number of ether oxygens (including phenoxy) is 1. The van der Waals surface area contributed by atoms with Crippen LogP contribution in [0.2, 0.25) is 10.0 Å². The predicted molar refractivity (Wildman–Crippen MR) is 101 cm³/mol. The molecule has 2 rings (SSSR count). The van der Waals surface area contributed by atoms with Crippen LogP contribution >= 0.6 is 23.2 Å². The number of amides is 1. The van der Waals surface area contributed by atoms with Crippen molar-refractivity contribution in [3.05, 3.63) is 64.1 Å². The molecule has 0 heterocycles. The molecule has 3 nitrogen and oxygen atoms in total. The van der Waals surface area contributed by atoms with Crippen LogP contribution in [-0.2, 0) is 4.79 Å². The van der Waals surface area contributed by atoms with Gasteiger partial charge in [0.2, 0.25) is 5.91 Å². The van der Waals surface area contributed by atoms with Crippen LogP contribution in [0.25, 0.3) is 6.08 Å². The van der Waals surface area contributed by atoms with Gasteiger partial charge in [0.05, 0.1) is 17.3 Å². The zero-order chi connectivity index (χ0) is 17.4. The summed E-state index contributed by atoms with van der Waals surface area (Å²) in [6.45, 7) is 2.77. The summed E-state index contributed by atoms with van der Waals surface area (Å²) >= 11 is 11.9. The molecule has 0 spiro atoms. The highest BCUT2D eigenvalue weighted by Gasteiger charge is 2.05. The first-order valence-corrected chi connectivity index (χ1v) is 8.51. The molecule has 0 unspecified atom stereocenters. The van der Waals surface area contributed by atoms with E-state index < -0.39 is 0 Å². The Kier molecular flexibility index (Phi) is 7.16. The number of hydrogen-bond donors (Lipinski definition) is 1.